The second kappa shape index (κ2) is 6.40. The van der Waals surface area contributed by atoms with Crippen LogP contribution in [-0.2, 0) is 20.4 Å². The Morgan fingerprint density at radius 3 is 2.72 bits per heavy atom. The standard InChI is InChI=1S/C10H11NO4S2.Na/c12-10(7-16-17(13,14)15)11-6-5-8-3-1-2-4-9(8)11;/h1-4H,5-7H2,(H,13,14,15);/q;+1/p-1. The summed E-state index contributed by atoms with van der Waals surface area (Å²) in [5.74, 6) is -0.681. The normalized spacial score (nSPS) is 13.9. The van der Waals surface area contributed by atoms with Gasteiger partial charge >= 0.3 is 29.6 Å². The summed E-state index contributed by atoms with van der Waals surface area (Å²) in [5, 5.41) is 0. The van der Waals surface area contributed by atoms with Gasteiger partial charge in [0.1, 0.15) is 9.15 Å². The Morgan fingerprint density at radius 1 is 1.39 bits per heavy atom. The molecule has 1 aromatic carbocycles. The number of hydrogen-bond acceptors (Lipinski definition) is 5. The third-order valence-corrected chi connectivity index (χ3v) is 4.39. The van der Waals surface area contributed by atoms with Gasteiger partial charge in [0.05, 0.1) is 5.75 Å². The van der Waals surface area contributed by atoms with Crippen LogP contribution in [0.4, 0.5) is 5.69 Å². The molecule has 2 rings (SSSR count). The van der Waals surface area contributed by atoms with Crippen LogP contribution in [0.15, 0.2) is 24.3 Å². The molecule has 0 saturated carbocycles. The van der Waals surface area contributed by atoms with Gasteiger partial charge in [-0.1, -0.05) is 18.2 Å². The number of nitrogens with zero attached hydrogens (tertiary/aromatic N) is 1. The molecule has 0 atom stereocenters. The number of carbonyl (C=O) groups is 1. The van der Waals surface area contributed by atoms with Crippen molar-refractivity contribution in [1.29, 1.82) is 0 Å². The van der Waals surface area contributed by atoms with Gasteiger partial charge in [-0.25, -0.2) is 8.42 Å². The molecule has 1 aromatic rings. The molecule has 0 spiro atoms. The van der Waals surface area contributed by atoms with E-state index in [9.17, 15) is 17.8 Å². The van der Waals surface area contributed by atoms with Gasteiger partial charge in [0.15, 0.2) is 0 Å². The first kappa shape index (κ1) is 16.0. The minimum Gasteiger partial charge on any atom is -0.739 e. The third kappa shape index (κ3) is 3.97. The maximum Gasteiger partial charge on any atom is 1.00 e. The zero-order chi connectivity index (χ0) is 12.5. The molecular weight excluding hydrogens is 285 g/mol. The minimum atomic E-state index is -4.41. The average molecular weight is 295 g/mol. The van der Waals surface area contributed by atoms with Crippen LogP contribution in [0.2, 0.25) is 0 Å². The summed E-state index contributed by atoms with van der Waals surface area (Å²) in [5.41, 5.74) is 1.87. The number of fused-ring (bicyclic) bond motifs is 1. The largest absolute Gasteiger partial charge is 1.00 e. The molecular formula is C10H10NNaO4S2. The van der Waals surface area contributed by atoms with Crippen molar-refractivity contribution in [3.05, 3.63) is 29.8 Å². The summed E-state index contributed by atoms with van der Waals surface area (Å²) in [6.07, 6.45) is 0.761. The van der Waals surface area contributed by atoms with Crippen molar-refractivity contribution in [2.75, 3.05) is 17.2 Å². The Kier molecular flexibility index (Phi) is 5.69. The van der Waals surface area contributed by atoms with Gasteiger partial charge in [0.2, 0.25) is 5.91 Å². The summed E-state index contributed by atoms with van der Waals surface area (Å²) < 4.78 is 31.3. The van der Waals surface area contributed by atoms with E-state index in [-0.39, 0.29) is 52.0 Å². The van der Waals surface area contributed by atoms with E-state index in [0.29, 0.717) is 6.54 Å². The summed E-state index contributed by atoms with van der Waals surface area (Å²) in [7, 11) is -4.28. The molecule has 0 radical (unpaired) electrons. The molecule has 5 nitrogen and oxygen atoms in total. The zero-order valence-corrected chi connectivity index (χ0v) is 13.5. The molecule has 18 heavy (non-hydrogen) atoms. The molecule has 0 N–H and O–H groups in total. The molecule has 0 aliphatic carbocycles. The Labute approximate surface area is 131 Å². The van der Waals surface area contributed by atoms with Gasteiger partial charge < -0.3 is 9.45 Å². The number of carbonyl (C=O) groups excluding carboxylic acids is 1. The predicted molar refractivity (Wildman–Crippen MR) is 64.7 cm³/mol. The van der Waals surface area contributed by atoms with E-state index in [1.54, 1.807) is 0 Å². The van der Waals surface area contributed by atoms with Crippen molar-refractivity contribution in [3.8, 4) is 0 Å². The van der Waals surface area contributed by atoms with Crippen molar-refractivity contribution in [2.24, 2.45) is 0 Å². The maximum atomic E-state index is 11.8. The minimum absolute atomic E-state index is 0. The number of benzene rings is 1. The monoisotopic (exact) mass is 295 g/mol. The van der Waals surface area contributed by atoms with Crippen molar-refractivity contribution in [1.82, 2.24) is 0 Å². The molecule has 1 aliphatic rings. The van der Waals surface area contributed by atoms with Crippen LogP contribution in [0, 0.1) is 0 Å². The van der Waals surface area contributed by atoms with Crippen molar-refractivity contribution >= 4 is 31.5 Å². The van der Waals surface area contributed by atoms with E-state index in [4.69, 9.17) is 0 Å². The number of para-hydroxylation sites is 1. The van der Waals surface area contributed by atoms with Crippen LogP contribution in [0.3, 0.4) is 0 Å². The van der Waals surface area contributed by atoms with Gasteiger partial charge in [-0.15, -0.1) is 0 Å². The first-order chi connectivity index (χ1) is 7.97. The fourth-order valence-corrected chi connectivity index (χ4v) is 2.93. The van der Waals surface area contributed by atoms with Gasteiger partial charge in [0.25, 0.3) is 0 Å². The van der Waals surface area contributed by atoms with Gasteiger partial charge in [-0.05, 0) is 28.8 Å². The van der Waals surface area contributed by atoms with Crippen molar-refractivity contribution < 1.29 is 47.3 Å². The van der Waals surface area contributed by atoms with Gasteiger partial charge in [0, 0.05) is 12.2 Å². The second-order valence-electron chi connectivity index (χ2n) is 3.59. The molecule has 0 bridgehead atoms. The van der Waals surface area contributed by atoms with E-state index in [1.165, 1.54) is 4.90 Å². The molecule has 8 heteroatoms. The third-order valence-electron chi connectivity index (χ3n) is 2.51. The quantitative estimate of drug-likeness (QED) is 0.358. The predicted octanol–water partition coefficient (Wildman–Crippen LogP) is -2.23. The van der Waals surface area contributed by atoms with Crippen LogP contribution < -0.4 is 34.5 Å². The molecule has 1 amide bonds. The Bertz CT molecular complexity index is 547. The van der Waals surface area contributed by atoms with E-state index < -0.39 is 9.15 Å². The maximum absolute atomic E-state index is 11.8. The molecule has 0 unspecified atom stereocenters. The van der Waals surface area contributed by atoms with Crippen LogP contribution in [0.5, 0.6) is 0 Å². The number of rotatable bonds is 3. The van der Waals surface area contributed by atoms with Crippen LogP contribution in [0.1, 0.15) is 5.56 Å². The van der Waals surface area contributed by atoms with Crippen LogP contribution in [0.25, 0.3) is 0 Å². The fourth-order valence-electron chi connectivity index (χ4n) is 1.80. The number of amides is 1. The molecule has 0 aromatic heterocycles. The van der Waals surface area contributed by atoms with Crippen LogP contribution >= 0.6 is 10.8 Å². The molecule has 0 fully saturated rings. The molecule has 1 heterocycles. The smallest absolute Gasteiger partial charge is 0.739 e. The summed E-state index contributed by atoms with van der Waals surface area (Å²) in [6, 6.07) is 7.46. The van der Waals surface area contributed by atoms with Crippen molar-refractivity contribution in [3.63, 3.8) is 0 Å². The molecule has 1 aliphatic heterocycles. The topological polar surface area (TPSA) is 77.5 Å². The number of hydrogen-bond donors (Lipinski definition) is 0. The first-order valence-electron chi connectivity index (χ1n) is 4.96. The Morgan fingerprint density at radius 2 is 2.06 bits per heavy atom. The Hall–Kier alpha value is -0.0500. The fraction of sp³-hybridized carbons (Fsp3) is 0.300. The van der Waals surface area contributed by atoms with E-state index in [0.717, 1.165) is 17.7 Å². The summed E-state index contributed by atoms with van der Waals surface area (Å²) in [4.78, 5) is 13.3. The second-order valence-corrected chi connectivity index (χ2v) is 6.87. The summed E-state index contributed by atoms with van der Waals surface area (Å²) >= 11 is 0. The van der Waals surface area contributed by atoms with Crippen LogP contribution in [-0.4, -0.2) is 31.2 Å². The van der Waals surface area contributed by atoms with Crippen molar-refractivity contribution in [2.45, 2.75) is 6.42 Å². The molecule has 0 saturated heterocycles. The number of anilines is 1. The SMILES string of the molecule is O=C(CSS(=O)(=O)[O-])N1CCc2ccccc21.[Na+]. The summed E-state index contributed by atoms with van der Waals surface area (Å²) in [6.45, 7) is 0.539. The van der Waals surface area contributed by atoms with Gasteiger partial charge in [-0.2, -0.15) is 0 Å². The zero-order valence-electron chi connectivity index (χ0n) is 9.83. The molecule has 92 valence electrons. The van der Waals surface area contributed by atoms with E-state index >= 15 is 0 Å². The van der Waals surface area contributed by atoms with Gasteiger partial charge in [-0.3, -0.25) is 4.79 Å². The van der Waals surface area contributed by atoms with E-state index in [1.807, 2.05) is 24.3 Å². The average Bonchev–Trinajstić information content (AvgIpc) is 2.68. The van der Waals surface area contributed by atoms with E-state index in [2.05, 4.69) is 0 Å². The first-order valence-corrected chi connectivity index (χ1v) is 7.87. The Balaban J connectivity index is 0.00000162.